The molecule has 5 heteroatoms. The van der Waals surface area contributed by atoms with E-state index in [4.69, 9.17) is 9.97 Å². The van der Waals surface area contributed by atoms with Gasteiger partial charge in [-0.15, -0.1) is 0 Å². The summed E-state index contributed by atoms with van der Waals surface area (Å²) < 4.78 is 2.44. The summed E-state index contributed by atoms with van der Waals surface area (Å²) in [6, 6.07) is 56.5. The first-order valence-electron chi connectivity index (χ1n) is 18.6. The Bertz CT molecular complexity index is 2930. The number of aromatic nitrogens is 3. The second-order valence-electron chi connectivity index (χ2n) is 14.1. The molecule has 54 heavy (non-hydrogen) atoms. The maximum atomic E-state index is 5.31. The second kappa shape index (κ2) is 12.6. The van der Waals surface area contributed by atoms with Gasteiger partial charge in [-0.25, -0.2) is 9.97 Å². The highest BCUT2D eigenvalue weighted by atomic mass is 32.2. The van der Waals surface area contributed by atoms with E-state index in [-0.39, 0.29) is 5.37 Å². The third-order valence-corrected chi connectivity index (χ3v) is 12.1. The van der Waals surface area contributed by atoms with Gasteiger partial charge in [-0.3, -0.25) is 0 Å². The molecule has 256 valence electrons. The summed E-state index contributed by atoms with van der Waals surface area (Å²) in [4.78, 5) is 11.8. The van der Waals surface area contributed by atoms with E-state index in [1.54, 1.807) is 0 Å². The number of rotatable bonds is 5. The molecule has 9 aromatic rings. The maximum Gasteiger partial charge on any atom is 0.160 e. The van der Waals surface area contributed by atoms with Crippen molar-refractivity contribution in [2.75, 3.05) is 5.32 Å². The molecule has 2 aliphatic rings. The Labute approximate surface area is 317 Å². The summed E-state index contributed by atoms with van der Waals surface area (Å²) >= 11 is 1.88. The van der Waals surface area contributed by atoms with Crippen molar-refractivity contribution in [1.82, 2.24) is 14.5 Å². The van der Waals surface area contributed by atoms with Crippen LogP contribution in [-0.4, -0.2) is 14.5 Å². The first-order chi connectivity index (χ1) is 26.7. The number of para-hydroxylation sites is 1. The average molecular weight is 711 g/mol. The third-order valence-electron chi connectivity index (χ3n) is 10.9. The number of benzene rings is 7. The summed E-state index contributed by atoms with van der Waals surface area (Å²) in [7, 11) is 0. The Morgan fingerprint density at radius 2 is 1.31 bits per heavy atom. The van der Waals surface area contributed by atoms with Gasteiger partial charge in [0.2, 0.25) is 0 Å². The molecule has 1 aliphatic carbocycles. The lowest BCUT2D eigenvalue weighted by atomic mass is 9.98. The van der Waals surface area contributed by atoms with E-state index in [0.29, 0.717) is 5.82 Å². The van der Waals surface area contributed by atoms with Gasteiger partial charge in [0.15, 0.2) is 5.82 Å². The molecule has 7 aromatic carbocycles. The number of nitrogens with one attached hydrogen (secondary N) is 1. The monoisotopic (exact) mass is 710 g/mol. The predicted molar refractivity (Wildman–Crippen MR) is 226 cm³/mol. The van der Waals surface area contributed by atoms with Gasteiger partial charge in [-0.05, 0) is 71.0 Å². The number of allylic oxidation sites excluding steroid dienone is 1. The van der Waals surface area contributed by atoms with Gasteiger partial charge >= 0.3 is 0 Å². The highest BCUT2D eigenvalue weighted by Gasteiger charge is 2.26. The first kappa shape index (κ1) is 31.1. The lowest BCUT2D eigenvalue weighted by Gasteiger charge is -2.14. The molecular weight excluding hydrogens is 677 g/mol. The normalized spacial score (nSPS) is 14.7. The molecule has 0 saturated carbocycles. The minimum absolute atomic E-state index is 0.186. The van der Waals surface area contributed by atoms with Crippen molar-refractivity contribution >= 4 is 56.0 Å². The van der Waals surface area contributed by atoms with Gasteiger partial charge in [-0.2, -0.15) is 0 Å². The van der Waals surface area contributed by atoms with E-state index in [0.717, 1.165) is 40.9 Å². The Hall–Kier alpha value is -6.43. The SMILES string of the molecule is C1=Cc2c(n(-c3ccccc3)c3cc(-c4cc(-c5ccccc5)nc(-c5ccc6c(ccc7ccc8c(c76)NC(c6ccccc6)S8)c5)n4)ccc23)CC1. The maximum absolute atomic E-state index is 5.31. The highest BCUT2D eigenvalue weighted by molar-refractivity contribution is 8.00. The molecule has 0 saturated heterocycles. The van der Waals surface area contributed by atoms with Crippen LogP contribution in [0.5, 0.6) is 0 Å². The fourth-order valence-electron chi connectivity index (χ4n) is 8.32. The smallest absolute Gasteiger partial charge is 0.160 e. The third kappa shape index (κ3) is 5.15. The van der Waals surface area contributed by atoms with E-state index in [1.807, 2.05) is 17.8 Å². The zero-order chi connectivity index (χ0) is 35.6. The standard InChI is InChI=1S/C49H34N4S/c1-4-12-31(13-5-1)41-30-42(35-22-26-40-39-18-10-11-19-43(39)53(44(40)29-35)37-16-8-3-9-17-37)51-48(50-41)36-23-25-38-34(28-36)21-20-32-24-27-45-47(46(32)38)52-49(54-45)33-14-6-2-7-15-33/h1-10,12-18,20-30,49,52H,11,19H2. The molecular formula is C49H34N4S. The van der Waals surface area contributed by atoms with Crippen molar-refractivity contribution in [3.8, 4) is 39.6 Å². The van der Waals surface area contributed by atoms with Crippen molar-refractivity contribution in [2.24, 2.45) is 0 Å². The van der Waals surface area contributed by atoms with Gasteiger partial charge in [0.25, 0.3) is 0 Å². The second-order valence-corrected chi connectivity index (χ2v) is 15.3. The minimum Gasteiger partial charge on any atom is -0.368 e. The quantitative estimate of drug-likeness (QED) is 0.181. The van der Waals surface area contributed by atoms with Gasteiger partial charge in [-0.1, -0.05) is 145 Å². The lowest BCUT2D eigenvalue weighted by molar-refractivity contribution is 0.888. The Morgan fingerprint density at radius 1 is 0.611 bits per heavy atom. The topological polar surface area (TPSA) is 42.7 Å². The zero-order valence-electron chi connectivity index (χ0n) is 29.4. The minimum atomic E-state index is 0.186. The van der Waals surface area contributed by atoms with Crippen LogP contribution in [0.25, 0.3) is 78.1 Å². The van der Waals surface area contributed by atoms with E-state index in [1.165, 1.54) is 65.5 Å². The van der Waals surface area contributed by atoms with Crippen LogP contribution in [0, 0.1) is 0 Å². The highest BCUT2D eigenvalue weighted by Crippen LogP contribution is 2.51. The summed E-state index contributed by atoms with van der Waals surface area (Å²) in [5.41, 5.74) is 12.5. The fraction of sp³-hybridized carbons (Fsp3) is 0.0612. The van der Waals surface area contributed by atoms with Gasteiger partial charge in [0.05, 0.1) is 22.6 Å². The van der Waals surface area contributed by atoms with Crippen LogP contribution >= 0.6 is 11.8 Å². The molecule has 0 spiro atoms. The van der Waals surface area contributed by atoms with Gasteiger partial charge in [0.1, 0.15) is 5.37 Å². The molecule has 0 amide bonds. The molecule has 1 aliphatic heterocycles. The molecule has 1 atom stereocenters. The van der Waals surface area contributed by atoms with Gasteiger partial charge < -0.3 is 9.88 Å². The van der Waals surface area contributed by atoms with E-state index in [9.17, 15) is 0 Å². The number of anilines is 1. The number of fused-ring (bicyclic) bond motifs is 8. The Balaban J connectivity index is 1.06. The van der Waals surface area contributed by atoms with E-state index in [2.05, 4.69) is 174 Å². The Kier molecular flexibility index (Phi) is 7.27. The van der Waals surface area contributed by atoms with Crippen LogP contribution in [0.2, 0.25) is 0 Å². The summed E-state index contributed by atoms with van der Waals surface area (Å²) in [5, 5.41) is 10.2. The van der Waals surface area contributed by atoms with Gasteiger partial charge in [0, 0.05) is 49.3 Å². The first-order valence-corrected chi connectivity index (χ1v) is 19.5. The average Bonchev–Trinajstić information content (AvgIpc) is 3.84. The number of nitrogens with zero attached hydrogens (tertiary/aromatic N) is 3. The molecule has 0 fully saturated rings. The molecule has 0 radical (unpaired) electrons. The largest absolute Gasteiger partial charge is 0.368 e. The molecule has 1 unspecified atom stereocenters. The summed E-state index contributed by atoms with van der Waals surface area (Å²) in [5.74, 6) is 0.713. The van der Waals surface area contributed by atoms with Crippen LogP contribution in [-0.2, 0) is 6.42 Å². The Morgan fingerprint density at radius 3 is 2.15 bits per heavy atom. The van der Waals surface area contributed by atoms with Crippen molar-refractivity contribution in [1.29, 1.82) is 0 Å². The van der Waals surface area contributed by atoms with Crippen molar-refractivity contribution in [3.05, 3.63) is 181 Å². The van der Waals surface area contributed by atoms with Crippen LogP contribution in [0.4, 0.5) is 5.69 Å². The van der Waals surface area contributed by atoms with Crippen LogP contribution in [0.15, 0.2) is 169 Å². The molecule has 3 heterocycles. The molecule has 2 aromatic heterocycles. The summed E-state index contributed by atoms with van der Waals surface area (Å²) in [6.45, 7) is 0. The lowest BCUT2D eigenvalue weighted by Crippen LogP contribution is -2.02. The van der Waals surface area contributed by atoms with Crippen LogP contribution in [0.1, 0.15) is 28.6 Å². The fourth-order valence-corrected chi connectivity index (χ4v) is 9.46. The number of hydrogen-bond donors (Lipinski definition) is 1. The molecule has 1 N–H and O–H groups in total. The zero-order valence-corrected chi connectivity index (χ0v) is 30.2. The molecule has 0 bridgehead atoms. The van der Waals surface area contributed by atoms with Crippen molar-refractivity contribution < 1.29 is 0 Å². The van der Waals surface area contributed by atoms with Crippen LogP contribution in [0.3, 0.4) is 0 Å². The molecule has 11 rings (SSSR count). The van der Waals surface area contributed by atoms with E-state index >= 15 is 0 Å². The predicted octanol–water partition coefficient (Wildman–Crippen LogP) is 12.9. The van der Waals surface area contributed by atoms with Crippen LogP contribution < -0.4 is 5.32 Å². The van der Waals surface area contributed by atoms with Crippen molar-refractivity contribution in [3.63, 3.8) is 0 Å². The number of hydrogen-bond acceptors (Lipinski definition) is 4. The molecule has 4 nitrogen and oxygen atoms in total. The van der Waals surface area contributed by atoms with E-state index < -0.39 is 0 Å². The number of thioether (sulfide) groups is 1. The van der Waals surface area contributed by atoms with Crippen molar-refractivity contribution in [2.45, 2.75) is 23.1 Å². The summed E-state index contributed by atoms with van der Waals surface area (Å²) in [6.07, 6.45) is 6.66.